The number of benzene rings is 3. The van der Waals surface area contributed by atoms with Gasteiger partial charge in [0.25, 0.3) is 0 Å². The molecule has 3 aromatic rings. The monoisotopic (exact) mass is 626 g/mol. The molecule has 0 saturated carbocycles. The quantitative estimate of drug-likeness (QED) is 0.125. The summed E-state index contributed by atoms with van der Waals surface area (Å²) >= 11 is 4.05. The molecule has 218 valence electrons. The lowest BCUT2D eigenvalue weighted by molar-refractivity contribution is -0.122. The van der Waals surface area contributed by atoms with Gasteiger partial charge in [-0.05, 0) is 46.9 Å². The van der Waals surface area contributed by atoms with E-state index >= 15 is 0 Å². The summed E-state index contributed by atoms with van der Waals surface area (Å²) in [5.41, 5.74) is 5.45. The SMILES string of the molecule is CCCCCCCCCCCC(=O)Nc1cccc(N2C(=O)[C@@H]3C4c5ccccc5C(Br)(c5ccccc54)[C@H]3C2=O)c1. The van der Waals surface area contributed by atoms with Crippen LogP contribution in [-0.4, -0.2) is 17.7 Å². The van der Waals surface area contributed by atoms with Crippen LogP contribution in [0.3, 0.4) is 0 Å². The third-order valence-corrected chi connectivity index (χ3v) is 10.8. The fourth-order valence-corrected chi connectivity index (χ4v) is 8.68. The van der Waals surface area contributed by atoms with Crippen LogP contribution in [0.5, 0.6) is 0 Å². The number of rotatable bonds is 12. The molecule has 3 amide bonds. The van der Waals surface area contributed by atoms with E-state index in [0.717, 1.165) is 35.1 Å². The summed E-state index contributed by atoms with van der Waals surface area (Å²) in [5, 5.41) is 2.99. The van der Waals surface area contributed by atoms with Crippen LogP contribution in [0.1, 0.15) is 99.3 Å². The first-order valence-corrected chi connectivity index (χ1v) is 16.4. The van der Waals surface area contributed by atoms with Crippen LogP contribution in [0.15, 0.2) is 72.8 Å². The lowest BCUT2D eigenvalue weighted by Crippen LogP contribution is -2.50. The number of unbranched alkanes of at least 4 members (excludes halogenated alkanes) is 8. The molecule has 2 bridgehead atoms. The van der Waals surface area contributed by atoms with Crippen molar-refractivity contribution in [2.45, 2.75) is 81.4 Å². The van der Waals surface area contributed by atoms with Crippen molar-refractivity contribution in [1.82, 2.24) is 0 Å². The standard InChI is InChI=1S/C36H39BrN2O3/c1-2-3-4-5-6-7-8-9-10-22-30(40)38-24-16-15-17-25(23-24)39-34(41)32-31-26-18-11-13-20-28(26)36(37,33(32)35(39)42)29-21-14-12-19-27(29)31/h11-21,23,31-33H,2-10,22H2,1H3,(H,38,40)/t31?,32-,33-,36?/m1/s1. The van der Waals surface area contributed by atoms with Gasteiger partial charge in [-0.1, -0.05) is 129 Å². The highest BCUT2D eigenvalue weighted by molar-refractivity contribution is 9.09. The molecule has 3 aliphatic carbocycles. The Morgan fingerprint density at radius 1 is 0.786 bits per heavy atom. The highest BCUT2D eigenvalue weighted by Gasteiger charge is 2.67. The van der Waals surface area contributed by atoms with E-state index in [1.165, 1.54) is 49.8 Å². The number of nitrogens with one attached hydrogen (secondary N) is 1. The zero-order valence-electron chi connectivity index (χ0n) is 24.3. The number of anilines is 2. The molecule has 6 heteroatoms. The van der Waals surface area contributed by atoms with Gasteiger partial charge in [0, 0.05) is 18.0 Å². The minimum absolute atomic E-state index is 0.0359. The Kier molecular flexibility index (Phi) is 8.35. The van der Waals surface area contributed by atoms with Gasteiger partial charge in [-0.2, -0.15) is 0 Å². The Bertz CT molecular complexity index is 1450. The lowest BCUT2D eigenvalue weighted by Gasteiger charge is -2.51. The van der Waals surface area contributed by atoms with Crippen LogP contribution < -0.4 is 10.2 Å². The Morgan fingerprint density at radius 3 is 2.02 bits per heavy atom. The highest BCUT2D eigenvalue weighted by atomic mass is 79.9. The summed E-state index contributed by atoms with van der Waals surface area (Å²) in [6.45, 7) is 2.23. The summed E-state index contributed by atoms with van der Waals surface area (Å²) in [6.07, 6.45) is 11.3. The molecular weight excluding hydrogens is 588 g/mol. The summed E-state index contributed by atoms with van der Waals surface area (Å²) in [7, 11) is 0. The number of imide groups is 1. The molecule has 0 aromatic heterocycles. The van der Waals surface area contributed by atoms with Crippen LogP contribution in [0, 0.1) is 11.8 Å². The zero-order valence-corrected chi connectivity index (χ0v) is 25.9. The first kappa shape index (κ1) is 28.9. The van der Waals surface area contributed by atoms with E-state index < -0.39 is 16.2 Å². The number of nitrogens with zero attached hydrogens (tertiary/aromatic N) is 1. The smallest absolute Gasteiger partial charge is 0.239 e. The largest absolute Gasteiger partial charge is 0.326 e. The van der Waals surface area contributed by atoms with Gasteiger partial charge in [-0.15, -0.1) is 0 Å². The molecule has 7 rings (SSSR count). The molecule has 0 spiro atoms. The maximum absolute atomic E-state index is 14.2. The van der Waals surface area contributed by atoms with Crippen molar-refractivity contribution in [3.63, 3.8) is 0 Å². The Morgan fingerprint density at radius 2 is 1.38 bits per heavy atom. The molecular formula is C36H39BrN2O3. The molecule has 1 N–H and O–H groups in total. The van der Waals surface area contributed by atoms with Crippen molar-refractivity contribution in [2.75, 3.05) is 10.2 Å². The van der Waals surface area contributed by atoms with Gasteiger partial charge in [0.1, 0.15) is 0 Å². The van der Waals surface area contributed by atoms with E-state index in [-0.39, 0.29) is 23.6 Å². The van der Waals surface area contributed by atoms with Gasteiger partial charge in [0.2, 0.25) is 17.7 Å². The Balaban J connectivity index is 1.15. The van der Waals surface area contributed by atoms with Gasteiger partial charge in [0.15, 0.2) is 0 Å². The number of amides is 3. The van der Waals surface area contributed by atoms with Crippen molar-refractivity contribution in [1.29, 1.82) is 0 Å². The molecule has 1 heterocycles. The predicted molar refractivity (Wildman–Crippen MR) is 171 cm³/mol. The number of halogens is 1. The van der Waals surface area contributed by atoms with Crippen LogP contribution in [0.25, 0.3) is 0 Å². The van der Waals surface area contributed by atoms with Gasteiger partial charge in [-0.25, -0.2) is 4.90 Å². The van der Waals surface area contributed by atoms with Crippen molar-refractivity contribution in [3.05, 3.63) is 95.1 Å². The average Bonchev–Trinajstić information content (AvgIpc) is 3.27. The van der Waals surface area contributed by atoms with Crippen LogP contribution in [0.4, 0.5) is 11.4 Å². The second-order valence-corrected chi connectivity index (χ2v) is 13.3. The topological polar surface area (TPSA) is 66.5 Å². The average molecular weight is 628 g/mol. The molecule has 3 aromatic carbocycles. The van der Waals surface area contributed by atoms with E-state index in [2.05, 4.69) is 52.4 Å². The van der Waals surface area contributed by atoms with Gasteiger partial charge < -0.3 is 5.32 Å². The predicted octanol–water partition coefficient (Wildman–Crippen LogP) is 8.45. The lowest BCUT2D eigenvalue weighted by atomic mass is 9.55. The summed E-state index contributed by atoms with van der Waals surface area (Å²) in [5.74, 6) is -1.64. The molecule has 1 saturated heterocycles. The van der Waals surface area contributed by atoms with E-state index in [4.69, 9.17) is 0 Å². The second-order valence-electron chi connectivity index (χ2n) is 12.1. The van der Waals surface area contributed by atoms with Crippen molar-refractivity contribution >= 4 is 45.0 Å². The Labute approximate surface area is 257 Å². The number of hydrogen-bond donors (Lipinski definition) is 1. The van der Waals surface area contributed by atoms with Crippen LogP contribution >= 0.6 is 15.9 Å². The minimum Gasteiger partial charge on any atom is -0.326 e. The van der Waals surface area contributed by atoms with Gasteiger partial charge >= 0.3 is 0 Å². The summed E-state index contributed by atoms with van der Waals surface area (Å²) < 4.78 is -0.775. The number of carbonyl (C=O) groups is 3. The van der Waals surface area contributed by atoms with E-state index in [1.807, 2.05) is 30.3 Å². The molecule has 0 unspecified atom stereocenters. The molecule has 1 fully saturated rings. The third kappa shape index (κ3) is 4.92. The molecule has 42 heavy (non-hydrogen) atoms. The fourth-order valence-electron chi connectivity index (χ4n) is 7.48. The summed E-state index contributed by atoms with van der Waals surface area (Å²) in [6, 6.07) is 23.5. The highest BCUT2D eigenvalue weighted by Crippen LogP contribution is 2.66. The van der Waals surface area contributed by atoms with Crippen LogP contribution in [-0.2, 0) is 18.7 Å². The normalized spacial score (nSPS) is 23.5. The Hall–Kier alpha value is -3.25. The first-order chi connectivity index (χ1) is 20.5. The van der Waals surface area contributed by atoms with Crippen molar-refractivity contribution in [2.24, 2.45) is 11.8 Å². The van der Waals surface area contributed by atoms with E-state index in [9.17, 15) is 14.4 Å². The van der Waals surface area contributed by atoms with Gasteiger partial charge in [0.05, 0.1) is 21.8 Å². The zero-order chi connectivity index (χ0) is 29.3. The van der Waals surface area contributed by atoms with Gasteiger partial charge in [-0.3, -0.25) is 14.4 Å². The molecule has 1 aliphatic heterocycles. The number of alkyl halides is 1. The van der Waals surface area contributed by atoms with E-state index in [1.54, 1.807) is 18.2 Å². The van der Waals surface area contributed by atoms with E-state index in [0.29, 0.717) is 17.8 Å². The fraction of sp³-hybridized carbons (Fsp3) is 0.417. The minimum atomic E-state index is -0.775. The molecule has 5 nitrogen and oxygen atoms in total. The molecule has 2 atom stereocenters. The van der Waals surface area contributed by atoms with Crippen molar-refractivity contribution < 1.29 is 14.4 Å². The molecule has 4 aliphatic rings. The second kappa shape index (κ2) is 12.2. The maximum atomic E-state index is 14.2. The molecule has 0 radical (unpaired) electrons. The third-order valence-electron chi connectivity index (χ3n) is 9.41. The van der Waals surface area contributed by atoms with Crippen molar-refractivity contribution in [3.8, 4) is 0 Å². The maximum Gasteiger partial charge on any atom is 0.239 e. The number of carbonyl (C=O) groups excluding carboxylic acids is 3. The van der Waals surface area contributed by atoms with Crippen LogP contribution in [0.2, 0.25) is 0 Å². The summed E-state index contributed by atoms with van der Waals surface area (Å²) in [4.78, 5) is 42.4. The number of hydrogen-bond acceptors (Lipinski definition) is 3. The first-order valence-electron chi connectivity index (χ1n) is 15.6.